The predicted molar refractivity (Wildman–Crippen MR) is 77.2 cm³/mol. The second-order valence-corrected chi connectivity index (χ2v) is 4.56. The Morgan fingerprint density at radius 3 is 2.50 bits per heavy atom. The van der Waals surface area contributed by atoms with Crippen molar-refractivity contribution in [2.24, 2.45) is 0 Å². The van der Waals surface area contributed by atoms with Gasteiger partial charge in [0.05, 0.1) is 17.7 Å². The molecule has 3 nitrogen and oxygen atoms in total. The van der Waals surface area contributed by atoms with Crippen molar-refractivity contribution in [1.29, 1.82) is 5.26 Å². The van der Waals surface area contributed by atoms with Gasteiger partial charge in [0.1, 0.15) is 12.4 Å². The minimum Gasteiger partial charge on any atom is -0.489 e. The molecule has 1 N–H and O–H groups in total. The van der Waals surface area contributed by atoms with Crippen LogP contribution in [0.15, 0.2) is 48.5 Å². The summed E-state index contributed by atoms with van der Waals surface area (Å²) in [6, 6.07) is 16.9. The Kier molecular flexibility index (Phi) is 4.75. The monoisotopic (exact) mass is 267 g/mol. The average Bonchev–Trinajstić information content (AvgIpc) is 2.53. The van der Waals surface area contributed by atoms with Gasteiger partial charge >= 0.3 is 0 Å². The molecule has 0 radical (unpaired) electrons. The third-order valence-corrected chi connectivity index (χ3v) is 3.14. The molecule has 0 bridgehead atoms. The second-order valence-electron chi connectivity index (χ2n) is 4.56. The van der Waals surface area contributed by atoms with Crippen LogP contribution >= 0.6 is 0 Å². The van der Waals surface area contributed by atoms with Gasteiger partial charge in [-0.1, -0.05) is 37.3 Å². The Morgan fingerprint density at radius 2 is 1.85 bits per heavy atom. The van der Waals surface area contributed by atoms with Crippen LogP contribution in [0.5, 0.6) is 5.75 Å². The minimum atomic E-state index is -0.507. The summed E-state index contributed by atoms with van der Waals surface area (Å²) in [4.78, 5) is 0. The molecule has 0 amide bonds. The number of nitrogens with zero attached hydrogens (tertiary/aromatic N) is 1. The topological polar surface area (TPSA) is 53.2 Å². The fourth-order valence-corrected chi connectivity index (χ4v) is 1.94. The van der Waals surface area contributed by atoms with Gasteiger partial charge in [0.2, 0.25) is 0 Å². The smallest absolute Gasteiger partial charge is 0.125 e. The Balaban J connectivity index is 2.08. The van der Waals surface area contributed by atoms with Crippen molar-refractivity contribution < 1.29 is 9.84 Å². The SMILES string of the molecule is CC[C@@H](O)c1ccccc1OCc1ccc(C#N)cc1. The number of para-hydroxylation sites is 1. The second kappa shape index (κ2) is 6.74. The van der Waals surface area contributed by atoms with Crippen molar-refractivity contribution in [3.8, 4) is 11.8 Å². The fraction of sp³-hybridized carbons (Fsp3) is 0.235. The molecule has 102 valence electrons. The molecule has 3 heteroatoms. The maximum absolute atomic E-state index is 9.96. The van der Waals surface area contributed by atoms with Gasteiger partial charge in [-0.15, -0.1) is 0 Å². The first-order valence-electron chi connectivity index (χ1n) is 6.63. The first kappa shape index (κ1) is 14.1. The molecule has 20 heavy (non-hydrogen) atoms. The van der Waals surface area contributed by atoms with E-state index in [0.717, 1.165) is 11.1 Å². The molecule has 0 fully saturated rings. The van der Waals surface area contributed by atoms with Gasteiger partial charge in [-0.3, -0.25) is 0 Å². The van der Waals surface area contributed by atoms with Gasteiger partial charge in [-0.25, -0.2) is 0 Å². The molecule has 2 aromatic carbocycles. The highest BCUT2D eigenvalue weighted by molar-refractivity contribution is 5.36. The van der Waals surface area contributed by atoms with Crippen molar-refractivity contribution in [3.05, 3.63) is 65.2 Å². The van der Waals surface area contributed by atoms with Crippen LogP contribution in [0.2, 0.25) is 0 Å². The molecule has 0 aliphatic heterocycles. The molecule has 1 atom stereocenters. The summed E-state index contributed by atoms with van der Waals surface area (Å²) < 4.78 is 5.78. The van der Waals surface area contributed by atoms with Crippen LogP contribution in [0.1, 0.15) is 36.1 Å². The van der Waals surface area contributed by atoms with Crippen molar-refractivity contribution >= 4 is 0 Å². The van der Waals surface area contributed by atoms with E-state index < -0.39 is 6.10 Å². The highest BCUT2D eigenvalue weighted by Crippen LogP contribution is 2.27. The van der Waals surface area contributed by atoms with Crippen LogP contribution in [0.3, 0.4) is 0 Å². The lowest BCUT2D eigenvalue weighted by Gasteiger charge is -2.15. The zero-order chi connectivity index (χ0) is 14.4. The molecular formula is C17H17NO2. The zero-order valence-corrected chi connectivity index (χ0v) is 11.4. The Labute approximate surface area is 119 Å². The summed E-state index contributed by atoms with van der Waals surface area (Å²) in [5.41, 5.74) is 2.43. The van der Waals surface area contributed by atoms with E-state index in [4.69, 9.17) is 10.00 Å². The van der Waals surface area contributed by atoms with Crippen molar-refractivity contribution in [1.82, 2.24) is 0 Å². The van der Waals surface area contributed by atoms with Crippen molar-refractivity contribution in [2.45, 2.75) is 26.1 Å². The van der Waals surface area contributed by atoms with Crippen LogP contribution in [-0.2, 0) is 6.61 Å². The largest absolute Gasteiger partial charge is 0.489 e. The predicted octanol–water partition coefficient (Wildman–Crippen LogP) is 3.58. The summed E-state index contributed by atoms with van der Waals surface area (Å²) in [5.74, 6) is 0.700. The quantitative estimate of drug-likeness (QED) is 0.900. The summed E-state index contributed by atoms with van der Waals surface area (Å²) in [6.45, 7) is 2.35. The van der Waals surface area contributed by atoms with Gasteiger partial charge in [0.25, 0.3) is 0 Å². The molecule has 0 unspecified atom stereocenters. The van der Waals surface area contributed by atoms with Gasteiger partial charge in [0, 0.05) is 5.56 Å². The summed E-state index contributed by atoms with van der Waals surface area (Å²) >= 11 is 0. The molecule has 0 spiro atoms. The number of rotatable bonds is 5. The highest BCUT2D eigenvalue weighted by Gasteiger charge is 2.10. The lowest BCUT2D eigenvalue weighted by atomic mass is 10.1. The summed E-state index contributed by atoms with van der Waals surface area (Å²) in [5, 5.41) is 18.7. The molecule has 0 aromatic heterocycles. The summed E-state index contributed by atoms with van der Waals surface area (Å²) in [7, 11) is 0. The maximum Gasteiger partial charge on any atom is 0.125 e. The lowest BCUT2D eigenvalue weighted by molar-refractivity contribution is 0.166. The number of benzene rings is 2. The number of hydrogen-bond donors (Lipinski definition) is 1. The molecule has 0 saturated carbocycles. The first-order chi connectivity index (χ1) is 9.74. The zero-order valence-electron chi connectivity index (χ0n) is 11.4. The third kappa shape index (κ3) is 3.37. The lowest BCUT2D eigenvalue weighted by Crippen LogP contribution is -2.02. The number of aliphatic hydroxyl groups excluding tert-OH is 1. The van der Waals surface area contributed by atoms with E-state index in [-0.39, 0.29) is 0 Å². The number of ether oxygens (including phenoxy) is 1. The molecule has 0 aliphatic rings. The van der Waals surface area contributed by atoms with Crippen LogP contribution < -0.4 is 4.74 Å². The first-order valence-corrected chi connectivity index (χ1v) is 6.63. The van der Waals surface area contributed by atoms with Gasteiger partial charge in [-0.2, -0.15) is 5.26 Å². The Bertz CT molecular complexity index is 599. The number of aliphatic hydroxyl groups is 1. The van der Waals surface area contributed by atoms with Crippen LogP contribution in [0, 0.1) is 11.3 Å². The fourth-order valence-electron chi connectivity index (χ4n) is 1.94. The Hall–Kier alpha value is -2.31. The van der Waals surface area contributed by atoms with E-state index in [1.165, 1.54) is 0 Å². The van der Waals surface area contributed by atoms with Crippen LogP contribution in [0.4, 0.5) is 0 Å². The van der Waals surface area contributed by atoms with E-state index in [1.54, 1.807) is 12.1 Å². The molecular weight excluding hydrogens is 250 g/mol. The summed E-state index contributed by atoms with van der Waals surface area (Å²) in [6.07, 6.45) is 0.143. The molecule has 2 aromatic rings. The molecule has 0 saturated heterocycles. The van der Waals surface area contributed by atoms with E-state index in [2.05, 4.69) is 6.07 Å². The average molecular weight is 267 g/mol. The normalized spacial score (nSPS) is 11.7. The maximum atomic E-state index is 9.96. The van der Waals surface area contributed by atoms with Crippen molar-refractivity contribution in [2.75, 3.05) is 0 Å². The minimum absolute atomic E-state index is 0.416. The van der Waals surface area contributed by atoms with E-state index >= 15 is 0 Å². The molecule has 0 heterocycles. The van der Waals surface area contributed by atoms with Gasteiger partial charge in [-0.05, 0) is 30.2 Å². The number of nitriles is 1. The van der Waals surface area contributed by atoms with Gasteiger partial charge < -0.3 is 9.84 Å². The van der Waals surface area contributed by atoms with Crippen LogP contribution in [0.25, 0.3) is 0 Å². The highest BCUT2D eigenvalue weighted by atomic mass is 16.5. The Morgan fingerprint density at radius 1 is 1.15 bits per heavy atom. The third-order valence-electron chi connectivity index (χ3n) is 3.14. The van der Waals surface area contributed by atoms with Crippen LogP contribution in [-0.4, -0.2) is 5.11 Å². The molecule has 2 rings (SSSR count). The van der Waals surface area contributed by atoms with E-state index in [0.29, 0.717) is 24.3 Å². The van der Waals surface area contributed by atoms with E-state index in [9.17, 15) is 5.11 Å². The van der Waals surface area contributed by atoms with Gasteiger partial charge in [0.15, 0.2) is 0 Å². The number of hydrogen-bond acceptors (Lipinski definition) is 3. The standard InChI is InChI=1S/C17H17NO2/c1-2-16(19)15-5-3-4-6-17(15)20-12-14-9-7-13(11-18)8-10-14/h3-10,16,19H,2,12H2,1H3/t16-/m1/s1. The molecule has 0 aliphatic carbocycles. The van der Waals surface area contributed by atoms with Crippen molar-refractivity contribution in [3.63, 3.8) is 0 Å². The van der Waals surface area contributed by atoms with E-state index in [1.807, 2.05) is 43.3 Å².